The lowest BCUT2D eigenvalue weighted by atomic mass is 10.0. The van der Waals surface area contributed by atoms with Gasteiger partial charge in [-0.3, -0.25) is 4.79 Å². The lowest BCUT2D eigenvalue weighted by molar-refractivity contribution is -0.126. The quantitative estimate of drug-likeness (QED) is 0.790. The summed E-state index contributed by atoms with van der Waals surface area (Å²) in [4.78, 5) is 28.9. The molecule has 1 aliphatic carbocycles. The molecule has 0 saturated carbocycles. The van der Waals surface area contributed by atoms with Gasteiger partial charge in [0.15, 0.2) is 0 Å². The van der Waals surface area contributed by atoms with Crippen molar-refractivity contribution in [2.24, 2.45) is 11.8 Å². The lowest BCUT2D eigenvalue weighted by Crippen LogP contribution is -2.20. The van der Waals surface area contributed by atoms with Gasteiger partial charge in [0.1, 0.15) is 6.29 Å². The van der Waals surface area contributed by atoms with Crippen molar-refractivity contribution >= 4 is 12.2 Å². The number of carbonyl (C=O) groups is 2. The van der Waals surface area contributed by atoms with Crippen LogP contribution in [0.5, 0.6) is 5.88 Å². The summed E-state index contributed by atoms with van der Waals surface area (Å²) in [6, 6.07) is 0. The Morgan fingerprint density at radius 2 is 2.00 bits per heavy atom. The number of likely N-dealkylation sites (tertiary alicyclic amines) is 1. The van der Waals surface area contributed by atoms with Crippen LogP contribution in [0.1, 0.15) is 28.8 Å². The second kappa shape index (κ2) is 5.71. The number of carbonyl (C=O) groups excluding carboxylic acids is 2. The van der Waals surface area contributed by atoms with Crippen molar-refractivity contribution in [2.75, 3.05) is 20.2 Å². The third kappa shape index (κ3) is 2.60. The van der Waals surface area contributed by atoms with E-state index >= 15 is 0 Å². The predicted octanol–water partition coefficient (Wildman–Crippen LogP) is 1.47. The normalized spacial score (nSPS) is 23.8. The summed E-state index contributed by atoms with van der Waals surface area (Å²) < 4.78 is 5.91. The molecule has 1 fully saturated rings. The third-order valence-electron chi connectivity index (χ3n) is 4.85. The van der Waals surface area contributed by atoms with E-state index in [4.69, 9.17) is 4.74 Å². The number of aryl methyl sites for hydroxylation is 1. The van der Waals surface area contributed by atoms with Crippen molar-refractivity contribution < 1.29 is 14.3 Å². The molecule has 1 aromatic rings. The molecular weight excluding hydrogens is 280 g/mol. The zero-order valence-electron chi connectivity index (χ0n) is 13.4. The standard InChI is InChI=1S/C17H22N2O3/c1-10-14-4-12(8-20)5-15(14)11(2)18-17(10)22-9-13-6-16(21)19(3)7-13/h8,12-13H,4-7,9H2,1-3H3. The molecule has 118 valence electrons. The van der Waals surface area contributed by atoms with Crippen LogP contribution >= 0.6 is 0 Å². The highest BCUT2D eigenvalue weighted by Crippen LogP contribution is 2.34. The predicted molar refractivity (Wildman–Crippen MR) is 81.9 cm³/mol. The molecule has 0 spiro atoms. The molecule has 2 unspecified atom stereocenters. The number of aldehydes is 1. The van der Waals surface area contributed by atoms with Crippen molar-refractivity contribution in [3.8, 4) is 5.88 Å². The zero-order chi connectivity index (χ0) is 15.9. The van der Waals surface area contributed by atoms with Crippen LogP contribution in [-0.2, 0) is 22.4 Å². The highest BCUT2D eigenvalue weighted by molar-refractivity contribution is 5.78. The summed E-state index contributed by atoms with van der Waals surface area (Å²) >= 11 is 0. The average Bonchev–Trinajstić information content (AvgIpc) is 3.06. The van der Waals surface area contributed by atoms with Gasteiger partial charge >= 0.3 is 0 Å². The average molecular weight is 302 g/mol. The molecule has 1 aromatic heterocycles. The molecule has 0 aromatic carbocycles. The maximum atomic E-state index is 11.6. The highest BCUT2D eigenvalue weighted by atomic mass is 16.5. The summed E-state index contributed by atoms with van der Waals surface area (Å²) in [7, 11) is 1.82. The van der Waals surface area contributed by atoms with Crippen LogP contribution in [0.15, 0.2) is 0 Å². The number of pyridine rings is 1. The number of ether oxygens (including phenoxy) is 1. The Bertz CT molecular complexity index is 627. The van der Waals surface area contributed by atoms with Crippen molar-refractivity contribution in [1.29, 1.82) is 0 Å². The molecule has 0 radical (unpaired) electrons. The Hall–Kier alpha value is -1.91. The van der Waals surface area contributed by atoms with E-state index in [1.165, 1.54) is 11.1 Å². The van der Waals surface area contributed by atoms with Gasteiger partial charge in [0.25, 0.3) is 0 Å². The van der Waals surface area contributed by atoms with Crippen LogP contribution < -0.4 is 4.74 Å². The van der Waals surface area contributed by atoms with Gasteiger partial charge in [-0.1, -0.05) is 0 Å². The van der Waals surface area contributed by atoms with Crippen molar-refractivity contribution in [3.63, 3.8) is 0 Å². The summed E-state index contributed by atoms with van der Waals surface area (Å²) in [6.45, 7) is 5.25. The summed E-state index contributed by atoms with van der Waals surface area (Å²) in [6.07, 6.45) is 3.17. The van der Waals surface area contributed by atoms with Crippen LogP contribution in [0.4, 0.5) is 0 Å². The van der Waals surface area contributed by atoms with E-state index < -0.39 is 0 Å². The smallest absolute Gasteiger partial charge is 0.222 e. The Kier molecular flexibility index (Phi) is 3.89. The Morgan fingerprint density at radius 1 is 1.27 bits per heavy atom. The fourth-order valence-electron chi connectivity index (χ4n) is 3.52. The number of hydrogen-bond donors (Lipinski definition) is 0. The van der Waals surface area contributed by atoms with Gasteiger partial charge in [-0.2, -0.15) is 0 Å². The van der Waals surface area contributed by atoms with Gasteiger partial charge in [0, 0.05) is 43.1 Å². The number of amides is 1. The first-order valence-electron chi connectivity index (χ1n) is 7.80. The van der Waals surface area contributed by atoms with Crippen LogP contribution in [0.3, 0.4) is 0 Å². The van der Waals surface area contributed by atoms with E-state index in [2.05, 4.69) is 4.98 Å². The molecular formula is C17H22N2O3. The van der Waals surface area contributed by atoms with E-state index in [-0.39, 0.29) is 17.7 Å². The van der Waals surface area contributed by atoms with Crippen molar-refractivity contribution in [3.05, 3.63) is 22.4 Å². The van der Waals surface area contributed by atoms with E-state index in [1.807, 2.05) is 20.9 Å². The van der Waals surface area contributed by atoms with E-state index in [0.717, 1.165) is 36.9 Å². The molecule has 1 aliphatic heterocycles. The van der Waals surface area contributed by atoms with Gasteiger partial charge in [0.05, 0.1) is 6.61 Å². The summed E-state index contributed by atoms with van der Waals surface area (Å²) in [5, 5.41) is 0. The molecule has 2 aliphatic rings. The fraction of sp³-hybridized carbons (Fsp3) is 0.588. The zero-order valence-corrected chi connectivity index (χ0v) is 13.4. The lowest BCUT2D eigenvalue weighted by Gasteiger charge is -2.16. The van der Waals surface area contributed by atoms with Gasteiger partial charge in [-0.05, 0) is 37.8 Å². The van der Waals surface area contributed by atoms with Crippen LogP contribution in [0.25, 0.3) is 0 Å². The van der Waals surface area contributed by atoms with E-state index in [0.29, 0.717) is 18.9 Å². The molecule has 1 saturated heterocycles. The fourth-order valence-corrected chi connectivity index (χ4v) is 3.52. The number of hydrogen-bond acceptors (Lipinski definition) is 4. The van der Waals surface area contributed by atoms with E-state index in [1.54, 1.807) is 4.90 Å². The minimum Gasteiger partial charge on any atom is -0.477 e. The van der Waals surface area contributed by atoms with Crippen LogP contribution in [-0.4, -0.2) is 42.3 Å². The molecule has 3 rings (SSSR count). The molecule has 2 atom stereocenters. The van der Waals surface area contributed by atoms with Gasteiger partial charge < -0.3 is 14.4 Å². The van der Waals surface area contributed by atoms with Gasteiger partial charge in [-0.15, -0.1) is 0 Å². The minimum atomic E-state index is 0.0746. The highest BCUT2D eigenvalue weighted by Gasteiger charge is 2.29. The molecule has 1 amide bonds. The second-order valence-electron chi connectivity index (χ2n) is 6.54. The summed E-state index contributed by atoms with van der Waals surface area (Å²) in [5.41, 5.74) is 4.43. The first-order valence-corrected chi connectivity index (χ1v) is 7.80. The van der Waals surface area contributed by atoms with Crippen molar-refractivity contribution in [1.82, 2.24) is 9.88 Å². The molecule has 0 N–H and O–H groups in total. The van der Waals surface area contributed by atoms with E-state index in [9.17, 15) is 9.59 Å². The van der Waals surface area contributed by atoms with Gasteiger partial charge in [-0.25, -0.2) is 4.98 Å². The number of aromatic nitrogens is 1. The number of fused-ring (bicyclic) bond motifs is 1. The third-order valence-corrected chi connectivity index (χ3v) is 4.85. The molecule has 22 heavy (non-hydrogen) atoms. The van der Waals surface area contributed by atoms with Gasteiger partial charge in [0.2, 0.25) is 11.8 Å². The monoisotopic (exact) mass is 302 g/mol. The maximum Gasteiger partial charge on any atom is 0.222 e. The topological polar surface area (TPSA) is 59.5 Å². The molecule has 5 heteroatoms. The maximum absolute atomic E-state index is 11.6. The minimum absolute atomic E-state index is 0.0746. The SMILES string of the molecule is Cc1nc(OCC2CC(=O)N(C)C2)c(C)c2c1CC(C=O)C2. The summed E-state index contributed by atoms with van der Waals surface area (Å²) in [5.74, 6) is 1.14. The Morgan fingerprint density at radius 3 is 2.64 bits per heavy atom. The van der Waals surface area contributed by atoms with Crippen LogP contribution in [0.2, 0.25) is 0 Å². The number of rotatable bonds is 4. The second-order valence-corrected chi connectivity index (χ2v) is 6.54. The Labute approximate surface area is 130 Å². The Balaban J connectivity index is 1.74. The molecule has 0 bridgehead atoms. The first kappa shape index (κ1) is 15.0. The largest absolute Gasteiger partial charge is 0.477 e. The van der Waals surface area contributed by atoms with Crippen LogP contribution in [0, 0.1) is 25.7 Å². The molecule has 5 nitrogen and oxygen atoms in total. The van der Waals surface area contributed by atoms with Crippen molar-refractivity contribution in [2.45, 2.75) is 33.1 Å². The first-order chi connectivity index (χ1) is 10.5. The molecule has 2 heterocycles. The number of nitrogens with zero attached hydrogens (tertiary/aromatic N) is 2.